The standard InChI is InChI=1S/C26H24N2O6/c1-15-4-6-19(27-16(2)29)7-10-22(15)26(34-17(3)30)14-18-5-9-21(31)13-24(18)33-25-12-20(28-32)8-11-23(25)26/h4-5,7-13,31H,6,14H2,1-3H3,(H,27,29). The molecule has 1 atom stereocenters. The van der Waals surface area contributed by atoms with Gasteiger partial charge in [0.05, 0.1) is 0 Å². The van der Waals surface area contributed by atoms with Gasteiger partial charge in [-0.25, -0.2) is 0 Å². The van der Waals surface area contributed by atoms with Crippen molar-refractivity contribution in [2.75, 3.05) is 0 Å². The maximum Gasteiger partial charge on any atom is 0.303 e. The Kier molecular flexibility index (Phi) is 6.06. The van der Waals surface area contributed by atoms with Crippen LogP contribution in [0.5, 0.6) is 17.2 Å². The van der Waals surface area contributed by atoms with E-state index in [0.717, 1.165) is 5.57 Å². The van der Waals surface area contributed by atoms with Crippen molar-refractivity contribution in [2.24, 2.45) is 5.18 Å². The molecule has 8 heteroatoms. The summed E-state index contributed by atoms with van der Waals surface area (Å²) < 4.78 is 12.2. The number of hydrogen-bond acceptors (Lipinski definition) is 7. The summed E-state index contributed by atoms with van der Waals surface area (Å²) in [5.41, 5.74) is 2.31. The van der Waals surface area contributed by atoms with Crippen LogP contribution in [0.25, 0.3) is 0 Å². The molecule has 0 saturated heterocycles. The summed E-state index contributed by atoms with van der Waals surface area (Å²) in [5.74, 6) is -0.0116. The van der Waals surface area contributed by atoms with Crippen molar-refractivity contribution in [3.63, 3.8) is 0 Å². The summed E-state index contributed by atoms with van der Waals surface area (Å²) in [6.07, 6.45) is 6.27. The van der Waals surface area contributed by atoms with Crippen LogP contribution in [0.15, 0.2) is 76.6 Å². The summed E-state index contributed by atoms with van der Waals surface area (Å²) in [4.78, 5) is 35.3. The number of nitrogens with zero attached hydrogens (tertiary/aromatic N) is 1. The highest BCUT2D eigenvalue weighted by molar-refractivity contribution is 5.75. The number of esters is 1. The second kappa shape index (κ2) is 8.97. The number of benzene rings is 2. The van der Waals surface area contributed by atoms with Crippen LogP contribution in [-0.4, -0.2) is 17.0 Å². The molecular weight excluding hydrogens is 436 g/mol. The minimum absolute atomic E-state index is 0.0117. The van der Waals surface area contributed by atoms with Crippen LogP contribution in [-0.2, 0) is 26.3 Å². The van der Waals surface area contributed by atoms with Crippen LogP contribution in [0.2, 0.25) is 0 Å². The second-order valence-corrected chi connectivity index (χ2v) is 8.31. The number of rotatable bonds is 4. The number of nitroso groups, excluding NO2 is 1. The quantitative estimate of drug-likeness (QED) is 0.479. The summed E-state index contributed by atoms with van der Waals surface area (Å²) in [7, 11) is 0. The van der Waals surface area contributed by atoms with Gasteiger partial charge in [0.1, 0.15) is 22.9 Å². The molecule has 0 saturated carbocycles. The number of allylic oxidation sites excluding steroid dienone is 3. The van der Waals surface area contributed by atoms with Crippen molar-refractivity contribution < 1.29 is 24.2 Å². The smallest absolute Gasteiger partial charge is 0.303 e. The van der Waals surface area contributed by atoms with Gasteiger partial charge in [0.15, 0.2) is 5.60 Å². The van der Waals surface area contributed by atoms with Gasteiger partial charge in [0.2, 0.25) is 5.91 Å². The van der Waals surface area contributed by atoms with E-state index in [2.05, 4.69) is 10.5 Å². The molecule has 4 rings (SSSR count). The molecule has 1 amide bonds. The lowest BCUT2D eigenvalue weighted by atomic mass is 9.77. The Hall–Kier alpha value is -4.20. The topological polar surface area (TPSA) is 114 Å². The molecule has 0 bridgehead atoms. The number of carbonyl (C=O) groups excluding carboxylic acids is 2. The molecule has 34 heavy (non-hydrogen) atoms. The molecule has 1 aliphatic carbocycles. The molecule has 1 heterocycles. The van der Waals surface area contributed by atoms with Crippen LogP contribution >= 0.6 is 0 Å². The number of fused-ring (bicyclic) bond motifs is 2. The molecular formula is C26H24N2O6. The Morgan fingerprint density at radius 2 is 1.91 bits per heavy atom. The fourth-order valence-electron chi connectivity index (χ4n) is 4.41. The zero-order valence-corrected chi connectivity index (χ0v) is 19.0. The third-order valence-corrected chi connectivity index (χ3v) is 5.81. The highest BCUT2D eigenvalue weighted by Crippen LogP contribution is 2.51. The van der Waals surface area contributed by atoms with Gasteiger partial charge in [0, 0.05) is 55.7 Å². The number of phenols is 1. The Morgan fingerprint density at radius 1 is 1.12 bits per heavy atom. The van der Waals surface area contributed by atoms with Gasteiger partial charge in [0.25, 0.3) is 0 Å². The van der Waals surface area contributed by atoms with Gasteiger partial charge in [-0.15, -0.1) is 4.91 Å². The third-order valence-electron chi connectivity index (χ3n) is 5.81. The number of carbonyl (C=O) groups is 2. The number of phenolic OH excluding ortho intramolecular Hbond substituents is 1. The molecule has 2 aliphatic rings. The van der Waals surface area contributed by atoms with E-state index < -0.39 is 11.6 Å². The van der Waals surface area contributed by atoms with E-state index in [4.69, 9.17) is 9.47 Å². The third kappa shape index (κ3) is 4.34. The van der Waals surface area contributed by atoms with Crippen molar-refractivity contribution in [3.05, 3.63) is 87.5 Å². The molecule has 8 nitrogen and oxygen atoms in total. The predicted molar refractivity (Wildman–Crippen MR) is 126 cm³/mol. The Morgan fingerprint density at radius 3 is 2.62 bits per heavy atom. The highest BCUT2D eigenvalue weighted by atomic mass is 16.6. The summed E-state index contributed by atoms with van der Waals surface area (Å²) in [6, 6.07) is 9.40. The molecule has 2 aromatic carbocycles. The zero-order valence-electron chi connectivity index (χ0n) is 19.0. The fourth-order valence-corrected chi connectivity index (χ4v) is 4.41. The number of ether oxygens (including phenoxy) is 2. The Labute approximate surface area is 196 Å². The van der Waals surface area contributed by atoms with E-state index in [-0.39, 0.29) is 29.5 Å². The van der Waals surface area contributed by atoms with Crippen LogP contribution in [0.4, 0.5) is 5.69 Å². The van der Waals surface area contributed by atoms with Gasteiger partial charge in [-0.1, -0.05) is 18.2 Å². The molecule has 1 aliphatic heterocycles. The van der Waals surface area contributed by atoms with E-state index >= 15 is 0 Å². The van der Waals surface area contributed by atoms with Gasteiger partial charge in [-0.05, 0) is 47.5 Å². The van der Waals surface area contributed by atoms with E-state index in [9.17, 15) is 19.6 Å². The summed E-state index contributed by atoms with van der Waals surface area (Å²) in [6.45, 7) is 4.68. The normalized spacial score (nSPS) is 19.0. The van der Waals surface area contributed by atoms with Crippen molar-refractivity contribution in [1.29, 1.82) is 0 Å². The SMILES string of the molecule is CC(=O)NC1=CC=C(C2(OC(C)=O)Cc3ccc(O)cc3Oc3cc(N=O)ccc32)C(C)=CC1. The minimum atomic E-state index is -1.31. The number of aromatic hydroxyl groups is 1. The van der Waals surface area contributed by atoms with E-state index in [0.29, 0.717) is 34.6 Å². The summed E-state index contributed by atoms with van der Waals surface area (Å²) in [5, 5.41) is 15.9. The minimum Gasteiger partial charge on any atom is -0.508 e. The lowest BCUT2D eigenvalue weighted by Crippen LogP contribution is -2.36. The first-order valence-corrected chi connectivity index (χ1v) is 10.7. The van der Waals surface area contributed by atoms with Crippen molar-refractivity contribution in [2.45, 2.75) is 39.2 Å². The highest BCUT2D eigenvalue weighted by Gasteiger charge is 2.45. The molecule has 0 radical (unpaired) electrons. The van der Waals surface area contributed by atoms with Crippen LogP contribution < -0.4 is 10.1 Å². The molecule has 0 fully saturated rings. The molecule has 174 valence electrons. The van der Waals surface area contributed by atoms with E-state index in [1.165, 1.54) is 38.1 Å². The zero-order chi connectivity index (χ0) is 24.5. The maximum absolute atomic E-state index is 12.5. The predicted octanol–water partition coefficient (Wildman–Crippen LogP) is 5.19. The first kappa shape index (κ1) is 23.0. The molecule has 1 unspecified atom stereocenters. The maximum atomic E-state index is 12.5. The first-order chi connectivity index (χ1) is 16.2. The second-order valence-electron chi connectivity index (χ2n) is 8.31. The van der Waals surface area contributed by atoms with Crippen LogP contribution in [0, 0.1) is 4.91 Å². The van der Waals surface area contributed by atoms with E-state index in [1.54, 1.807) is 18.2 Å². The van der Waals surface area contributed by atoms with Crippen LogP contribution in [0.1, 0.15) is 38.3 Å². The Bertz CT molecular complexity index is 1290. The fraction of sp³-hybridized carbons (Fsp3) is 0.231. The molecule has 0 spiro atoms. The average molecular weight is 460 g/mol. The molecule has 2 aromatic rings. The monoisotopic (exact) mass is 460 g/mol. The van der Waals surface area contributed by atoms with E-state index in [1.807, 2.05) is 19.1 Å². The molecule has 0 aromatic heterocycles. The van der Waals surface area contributed by atoms with Crippen molar-refractivity contribution >= 4 is 17.6 Å². The summed E-state index contributed by atoms with van der Waals surface area (Å²) >= 11 is 0. The van der Waals surface area contributed by atoms with Crippen molar-refractivity contribution in [3.8, 4) is 17.2 Å². The van der Waals surface area contributed by atoms with Gasteiger partial charge in [-0.2, -0.15) is 0 Å². The Balaban J connectivity index is 2.01. The average Bonchev–Trinajstić information content (AvgIpc) is 3.03. The largest absolute Gasteiger partial charge is 0.508 e. The molecule has 2 N–H and O–H groups in total. The number of nitrogens with one attached hydrogen (secondary N) is 1. The van der Waals surface area contributed by atoms with Gasteiger partial charge >= 0.3 is 5.97 Å². The lowest BCUT2D eigenvalue weighted by molar-refractivity contribution is -0.154. The van der Waals surface area contributed by atoms with Crippen LogP contribution in [0.3, 0.4) is 0 Å². The van der Waals surface area contributed by atoms with Crippen molar-refractivity contribution in [1.82, 2.24) is 5.32 Å². The van der Waals surface area contributed by atoms with Gasteiger partial charge < -0.3 is 19.9 Å². The number of amides is 1. The first-order valence-electron chi connectivity index (χ1n) is 10.7. The lowest BCUT2D eigenvalue weighted by Gasteiger charge is -2.36. The number of hydrogen-bond donors (Lipinski definition) is 2. The van der Waals surface area contributed by atoms with Gasteiger partial charge in [-0.3, -0.25) is 9.59 Å².